The zero-order chi connectivity index (χ0) is 21.7. The van der Waals surface area contributed by atoms with Crippen molar-refractivity contribution >= 4 is 21.7 Å². The predicted molar refractivity (Wildman–Crippen MR) is 113 cm³/mol. The van der Waals surface area contributed by atoms with E-state index in [0.717, 1.165) is 36.1 Å². The van der Waals surface area contributed by atoms with Crippen LogP contribution in [-0.2, 0) is 28.5 Å². The lowest BCUT2D eigenvalue weighted by Crippen LogP contribution is -2.35. The SMILES string of the molecule is C[C@H](c1ccc2c(c1NC(=O)NS(=O)(=O)c1cc(C(C)(C)O)co1)CCC2)C1CC1. The summed E-state index contributed by atoms with van der Waals surface area (Å²) in [5.41, 5.74) is 3.18. The van der Waals surface area contributed by atoms with E-state index in [-0.39, 0.29) is 0 Å². The number of furan rings is 1. The maximum Gasteiger partial charge on any atom is 0.333 e. The van der Waals surface area contributed by atoms with Crippen molar-refractivity contribution in [2.24, 2.45) is 5.92 Å². The number of fused-ring (bicyclic) bond motifs is 1. The van der Waals surface area contributed by atoms with Crippen molar-refractivity contribution in [2.75, 3.05) is 5.32 Å². The second-order valence-electron chi connectivity index (χ2n) is 8.92. The lowest BCUT2D eigenvalue weighted by atomic mass is 9.91. The van der Waals surface area contributed by atoms with Crippen LogP contribution in [-0.4, -0.2) is 19.6 Å². The highest BCUT2D eigenvalue weighted by Gasteiger charge is 2.33. The van der Waals surface area contributed by atoms with Gasteiger partial charge >= 0.3 is 6.03 Å². The minimum Gasteiger partial charge on any atom is -0.451 e. The first-order chi connectivity index (χ1) is 14.1. The lowest BCUT2D eigenvalue weighted by Gasteiger charge is -2.20. The number of nitrogens with one attached hydrogen (secondary N) is 2. The number of rotatable bonds is 6. The van der Waals surface area contributed by atoms with Gasteiger partial charge in [-0.25, -0.2) is 9.52 Å². The Hall–Kier alpha value is -2.32. The number of hydrogen-bond donors (Lipinski definition) is 3. The first-order valence-corrected chi connectivity index (χ1v) is 11.8. The summed E-state index contributed by atoms with van der Waals surface area (Å²) in [6.07, 6.45) is 6.40. The highest BCUT2D eigenvalue weighted by atomic mass is 32.2. The van der Waals surface area contributed by atoms with Gasteiger partial charge in [0.25, 0.3) is 10.0 Å². The van der Waals surface area contributed by atoms with Gasteiger partial charge in [0, 0.05) is 17.3 Å². The van der Waals surface area contributed by atoms with Gasteiger partial charge in [0.1, 0.15) is 0 Å². The molecule has 0 spiro atoms. The fourth-order valence-electron chi connectivity index (χ4n) is 4.15. The van der Waals surface area contributed by atoms with E-state index >= 15 is 0 Å². The quantitative estimate of drug-likeness (QED) is 0.639. The third-order valence-electron chi connectivity index (χ3n) is 6.15. The molecular formula is C22H28N2O5S. The summed E-state index contributed by atoms with van der Waals surface area (Å²) in [5, 5.41) is 12.4. The summed E-state index contributed by atoms with van der Waals surface area (Å²) in [4.78, 5) is 12.7. The van der Waals surface area contributed by atoms with Crippen molar-refractivity contribution < 1.29 is 22.7 Å². The van der Waals surface area contributed by atoms with Gasteiger partial charge in [0.15, 0.2) is 0 Å². The van der Waals surface area contributed by atoms with E-state index in [4.69, 9.17) is 4.42 Å². The zero-order valence-corrected chi connectivity index (χ0v) is 18.3. The molecule has 1 saturated carbocycles. The fourth-order valence-corrected chi connectivity index (χ4v) is 5.00. The van der Waals surface area contributed by atoms with Crippen molar-refractivity contribution in [1.82, 2.24) is 4.72 Å². The molecule has 1 aromatic carbocycles. The minimum absolute atomic E-state index is 0.308. The van der Waals surface area contributed by atoms with Crippen molar-refractivity contribution in [2.45, 2.75) is 69.5 Å². The molecule has 3 N–H and O–H groups in total. The summed E-state index contributed by atoms with van der Waals surface area (Å²) in [6.45, 7) is 5.20. The van der Waals surface area contributed by atoms with E-state index < -0.39 is 26.7 Å². The van der Waals surface area contributed by atoms with Gasteiger partial charge in [-0.05, 0) is 74.5 Å². The van der Waals surface area contributed by atoms with Crippen LogP contribution < -0.4 is 10.0 Å². The molecule has 2 aromatic rings. The molecule has 1 aromatic heterocycles. The Morgan fingerprint density at radius 3 is 2.63 bits per heavy atom. The number of aliphatic hydroxyl groups is 1. The maximum absolute atomic E-state index is 12.7. The Labute approximate surface area is 176 Å². The monoisotopic (exact) mass is 432 g/mol. The van der Waals surface area contributed by atoms with Crippen LogP contribution in [0.4, 0.5) is 10.5 Å². The first kappa shape index (κ1) is 20.9. The standard InChI is InChI=1S/C22H28N2O5S/c1-13(14-7-8-14)17-10-9-15-5-4-6-18(15)20(17)23-21(25)24-30(27,28)19-11-16(12-29-19)22(2,3)26/h9-14,26H,4-8H2,1-3H3,(H2,23,24,25)/t13-/m0/s1. The summed E-state index contributed by atoms with van der Waals surface area (Å²) in [5.74, 6) is 0.919. The highest BCUT2D eigenvalue weighted by Crippen LogP contribution is 2.46. The number of hydrogen-bond acceptors (Lipinski definition) is 5. The van der Waals surface area contributed by atoms with Gasteiger partial charge in [-0.15, -0.1) is 0 Å². The van der Waals surface area contributed by atoms with Gasteiger partial charge in [-0.1, -0.05) is 19.1 Å². The molecule has 1 atom stereocenters. The van der Waals surface area contributed by atoms with Gasteiger partial charge in [0.05, 0.1) is 11.9 Å². The number of carbonyl (C=O) groups is 1. The summed E-state index contributed by atoms with van der Waals surface area (Å²) in [6, 6.07) is 4.61. The van der Waals surface area contributed by atoms with Crippen molar-refractivity contribution in [3.05, 3.63) is 46.7 Å². The molecule has 7 nitrogen and oxygen atoms in total. The number of urea groups is 1. The number of amides is 2. The average Bonchev–Trinajstić information content (AvgIpc) is 3.16. The fraction of sp³-hybridized carbons (Fsp3) is 0.500. The Balaban J connectivity index is 1.57. The van der Waals surface area contributed by atoms with Gasteiger partial charge in [0.2, 0.25) is 5.09 Å². The first-order valence-electron chi connectivity index (χ1n) is 10.4. The molecule has 2 aliphatic carbocycles. The smallest absolute Gasteiger partial charge is 0.333 e. The number of benzene rings is 1. The van der Waals surface area contributed by atoms with E-state index in [1.165, 1.54) is 44.6 Å². The second-order valence-corrected chi connectivity index (χ2v) is 10.5. The third-order valence-corrected chi connectivity index (χ3v) is 7.34. The molecule has 4 rings (SSSR count). The van der Waals surface area contributed by atoms with Crippen LogP contribution in [0.1, 0.15) is 68.2 Å². The summed E-state index contributed by atoms with van der Waals surface area (Å²) >= 11 is 0. The largest absolute Gasteiger partial charge is 0.451 e. The molecule has 0 unspecified atom stereocenters. The van der Waals surface area contributed by atoms with Crippen LogP contribution in [0, 0.1) is 5.92 Å². The molecule has 1 heterocycles. The molecule has 0 aliphatic heterocycles. The van der Waals surface area contributed by atoms with Crippen LogP contribution in [0.3, 0.4) is 0 Å². The molecule has 0 saturated heterocycles. The van der Waals surface area contributed by atoms with Crippen LogP contribution in [0.5, 0.6) is 0 Å². The van der Waals surface area contributed by atoms with E-state index in [1.807, 2.05) is 4.72 Å². The maximum atomic E-state index is 12.7. The molecular weight excluding hydrogens is 404 g/mol. The zero-order valence-electron chi connectivity index (χ0n) is 17.5. The van der Waals surface area contributed by atoms with Crippen LogP contribution in [0.15, 0.2) is 34.0 Å². The van der Waals surface area contributed by atoms with Gasteiger partial charge in [-0.2, -0.15) is 8.42 Å². The van der Waals surface area contributed by atoms with Crippen molar-refractivity contribution in [3.63, 3.8) is 0 Å². The van der Waals surface area contributed by atoms with E-state index in [0.29, 0.717) is 17.4 Å². The molecule has 30 heavy (non-hydrogen) atoms. The Morgan fingerprint density at radius 2 is 2.00 bits per heavy atom. The Bertz CT molecular complexity index is 1080. The van der Waals surface area contributed by atoms with Crippen LogP contribution >= 0.6 is 0 Å². The number of sulfonamides is 1. The molecule has 0 radical (unpaired) electrons. The summed E-state index contributed by atoms with van der Waals surface area (Å²) in [7, 11) is -4.21. The third kappa shape index (κ3) is 4.11. The number of aryl methyl sites for hydroxylation is 1. The molecule has 1 fully saturated rings. The second kappa shape index (κ2) is 7.42. The lowest BCUT2D eigenvalue weighted by molar-refractivity contribution is 0.0779. The molecule has 0 bridgehead atoms. The van der Waals surface area contributed by atoms with Crippen LogP contribution in [0.2, 0.25) is 0 Å². The van der Waals surface area contributed by atoms with E-state index in [1.54, 1.807) is 0 Å². The summed E-state index contributed by atoms with van der Waals surface area (Å²) < 4.78 is 32.3. The van der Waals surface area contributed by atoms with Gasteiger partial charge < -0.3 is 14.8 Å². The average molecular weight is 433 g/mol. The Morgan fingerprint density at radius 1 is 1.27 bits per heavy atom. The minimum atomic E-state index is -4.21. The van der Waals surface area contributed by atoms with Crippen molar-refractivity contribution in [3.8, 4) is 0 Å². The topological polar surface area (TPSA) is 109 Å². The van der Waals surface area contributed by atoms with E-state index in [9.17, 15) is 18.3 Å². The van der Waals surface area contributed by atoms with Gasteiger partial charge in [-0.3, -0.25) is 0 Å². The number of carbonyl (C=O) groups excluding carboxylic acids is 1. The van der Waals surface area contributed by atoms with E-state index in [2.05, 4.69) is 24.4 Å². The van der Waals surface area contributed by atoms with Crippen LogP contribution in [0.25, 0.3) is 0 Å². The molecule has 2 aliphatic rings. The molecule has 8 heteroatoms. The molecule has 2 amide bonds. The molecule has 162 valence electrons. The van der Waals surface area contributed by atoms with Crippen molar-refractivity contribution in [1.29, 1.82) is 0 Å². The number of anilines is 1. The highest BCUT2D eigenvalue weighted by molar-refractivity contribution is 7.89. The predicted octanol–water partition coefficient (Wildman–Crippen LogP) is 4.02. The Kier molecular flexibility index (Phi) is 5.18. The normalized spacial score (nSPS) is 17.5.